The summed E-state index contributed by atoms with van der Waals surface area (Å²) in [6, 6.07) is 11.2. The van der Waals surface area contributed by atoms with Crippen molar-refractivity contribution in [2.24, 2.45) is 5.73 Å². The molecule has 0 saturated carbocycles. The molecule has 16 heavy (non-hydrogen) atoms. The fourth-order valence-corrected chi connectivity index (χ4v) is 2.02. The molecule has 0 aromatic heterocycles. The molecule has 0 aliphatic heterocycles. The van der Waals surface area contributed by atoms with E-state index in [9.17, 15) is 0 Å². The monoisotopic (exact) mass is 220 g/mol. The van der Waals surface area contributed by atoms with Crippen molar-refractivity contribution in [3.63, 3.8) is 0 Å². The molecule has 0 saturated heterocycles. The Balaban J connectivity index is 2.62. The van der Waals surface area contributed by atoms with Crippen molar-refractivity contribution in [1.29, 1.82) is 0 Å². The van der Waals surface area contributed by atoms with E-state index in [0.717, 1.165) is 26.1 Å². The van der Waals surface area contributed by atoms with Crippen molar-refractivity contribution in [1.82, 2.24) is 4.90 Å². The van der Waals surface area contributed by atoms with Gasteiger partial charge in [0.15, 0.2) is 0 Å². The summed E-state index contributed by atoms with van der Waals surface area (Å²) in [4.78, 5) is 2.52. The van der Waals surface area contributed by atoms with E-state index in [2.05, 4.69) is 49.1 Å². The first-order chi connectivity index (χ1) is 7.79. The van der Waals surface area contributed by atoms with Crippen molar-refractivity contribution in [3.8, 4) is 0 Å². The Morgan fingerprint density at radius 3 is 2.44 bits per heavy atom. The Hall–Kier alpha value is -0.860. The van der Waals surface area contributed by atoms with Gasteiger partial charge in [-0.1, -0.05) is 37.3 Å². The molecule has 0 spiro atoms. The zero-order chi connectivity index (χ0) is 11.8. The van der Waals surface area contributed by atoms with E-state index in [4.69, 9.17) is 5.73 Å². The molecule has 2 heteroatoms. The van der Waals surface area contributed by atoms with Crippen LogP contribution in [-0.4, -0.2) is 24.5 Å². The molecule has 1 atom stereocenters. The summed E-state index contributed by atoms with van der Waals surface area (Å²) in [6.45, 7) is 7.53. The minimum atomic E-state index is 0.493. The number of nitrogens with zero attached hydrogens (tertiary/aromatic N) is 1. The average Bonchev–Trinajstić information content (AvgIpc) is 2.35. The van der Waals surface area contributed by atoms with Crippen molar-refractivity contribution in [2.45, 2.75) is 32.7 Å². The van der Waals surface area contributed by atoms with Crippen LogP contribution in [0.4, 0.5) is 0 Å². The van der Waals surface area contributed by atoms with E-state index in [-0.39, 0.29) is 0 Å². The van der Waals surface area contributed by atoms with Crippen molar-refractivity contribution in [3.05, 3.63) is 35.9 Å². The molecule has 0 radical (unpaired) electrons. The van der Waals surface area contributed by atoms with Crippen LogP contribution in [0.3, 0.4) is 0 Å². The molecular formula is C14H24N2. The maximum Gasteiger partial charge on any atom is 0.0319 e. The number of hydrogen-bond acceptors (Lipinski definition) is 2. The fraction of sp³-hybridized carbons (Fsp3) is 0.571. The molecule has 0 heterocycles. The minimum Gasteiger partial charge on any atom is -0.330 e. The second-order valence-corrected chi connectivity index (χ2v) is 4.26. The molecule has 90 valence electrons. The molecule has 0 amide bonds. The largest absolute Gasteiger partial charge is 0.330 e. The van der Waals surface area contributed by atoms with E-state index in [1.54, 1.807) is 0 Å². The predicted octanol–water partition coefficient (Wildman–Crippen LogP) is 2.81. The summed E-state index contributed by atoms with van der Waals surface area (Å²) in [5, 5.41) is 0. The molecule has 0 aliphatic carbocycles. The Morgan fingerprint density at radius 1 is 1.19 bits per heavy atom. The highest BCUT2D eigenvalue weighted by Crippen LogP contribution is 2.19. The zero-order valence-corrected chi connectivity index (χ0v) is 10.5. The lowest BCUT2D eigenvalue weighted by molar-refractivity contribution is 0.209. The molecule has 2 N–H and O–H groups in total. The van der Waals surface area contributed by atoms with Crippen molar-refractivity contribution >= 4 is 0 Å². The van der Waals surface area contributed by atoms with Crippen LogP contribution >= 0.6 is 0 Å². The van der Waals surface area contributed by atoms with E-state index < -0.39 is 0 Å². The van der Waals surface area contributed by atoms with Crippen LogP contribution in [0.15, 0.2) is 30.3 Å². The number of benzene rings is 1. The van der Waals surface area contributed by atoms with Gasteiger partial charge in [0, 0.05) is 6.04 Å². The maximum atomic E-state index is 5.59. The van der Waals surface area contributed by atoms with Gasteiger partial charge in [-0.15, -0.1) is 0 Å². The highest BCUT2D eigenvalue weighted by atomic mass is 15.1. The minimum absolute atomic E-state index is 0.493. The lowest BCUT2D eigenvalue weighted by atomic mass is 10.1. The van der Waals surface area contributed by atoms with Gasteiger partial charge in [0.1, 0.15) is 0 Å². The molecule has 0 bridgehead atoms. The van der Waals surface area contributed by atoms with E-state index in [1.165, 1.54) is 12.0 Å². The summed E-state index contributed by atoms with van der Waals surface area (Å²) < 4.78 is 0. The first-order valence-corrected chi connectivity index (χ1v) is 6.28. The van der Waals surface area contributed by atoms with Gasteiger partial charge >= 0.3 is 0 Å². The SMILES string of the molecule is CCCN(CCCN)C(C)c1ccccc1. The molecule has 1 unspecified atom stereocenters. The summed E-state index contributed by atoms with van der Waals surface area (Å²) in [6.07, 6.45) is 2.28. The Morgan fingerprint density at radius 2 is 1.88 bits per heavy atom. The first kappa shape index (κ1) is 13.2. The third-order valence-corrected chi connectivity index (χ3v) is 2.99. The van der Waals surface area contributed by atoms with E-state index >= 15 is 0 Å². The molecule has 1 rings (SSSR count). The van der Waals surface area contributed by atoms with Gasteiger partial charge in [0.05, 0.1) is 0 Å². The van der Waals surface area contributed by atoms with Crippen LogP contribution in [0.5, 0.6) is 0 Å². The van der Waals surface area contributed by atoms with Gasteiger partial charge in [-0.2, -0.15) is 0 Å². The lowest BCUT2D eigenvalue weighted by Gasteiger charge is -2.29. The van der Waals surface area contributed by atoms with Crippen LogP contribution in [-0.2, 0) is 0 Å². The second-order valence-electron chi connectivity index (χ2n) is 4.26. The van der Waals surface area contributed by atoms with Crippen LogP contribution < -0.4 is 5.73 Å². The quantitative estimate of drug-likeness (QED) is 0.765. The summed E-state index contributed by atoms with van der Waals surface area (Å²) >= 11 is 0. The normalized spacial score (nSPS) is 13.0. The molecule has 0 fully saturated rings. The zero-order valence-electron chi connectivity index (χ0n) is 10.5. The van der Waals surface area contributed by atoms with E-state index in [1.807, 2.05) is 0 Å². The lowest BCUT2D eigenvalue weighted by Crippen LogP contribution is -2.30. The number of nitrogens with two attached hydrogens (primary N) is 1. The van der Waals surface area contributed by atoms with Gasteiger partial charge in [-0.05, 0) is 45.0 Å². The van der Waals surface area contributed by atoms with Crippen LogP contribution in [0.25, 0.3) is 0 Å². The number of rotatable bonds is 7. The molecule has 1 aromatic rings. The Bertz CT molecular complexity index is 271. The molecule has 1 aromatic carbocycles. The van der Waals surface area contributed by atoms with Crippen LogP contribution in [0.2, 0.25) is 0 Å². The maximum absolute atomic E-state index is 5.59. The van der Waals surface area contributed by atoms with Crippen LogP contribution in [0.1, 0.15) is 38.3 Å². The first-order valence-electron chi connectivity index (χ1n) is 6.28. The summed E-state index contributed by atoms with van der Waals surface area (Å²) in [5.74, 6) is 0. The summed E-state index contributed by atoms with van der Waals surface area (Å²) in [5.41, 5.74) is 6.98. The van der Waals surface area contributed by atoms with Gasteiger partial charge in [0.25, 0.3) is 0 Å². The third-order valence-electron chi connectivity index (χ3n) is 2.99. The molecular weight excluding hydrogens is 196 g/mol. The highest BCUT2D eigenvalue weighted by Gasteiger charge is 2.13. The second kappa shape index (κ2) is 7.42. The summed E-state index contributed by atoms with van der Waals surface area (Å²) in [7, 11) is 0. The highest BCUT2D eigenvalue weighted by molar-refractivity contribution is 5.18. The van der Waals surface area contributed by atoms with Crippen molar-refractivity contribution < 1.29 is 0 Å². The van der Waals surface area contributed by atoms with Gasteiger partial charge in [-0.25, -0.2) is 0 Å². The Kier molecular flexibility index (Phi) is 6.12. The topological polar surface area (TPSA) is 29.3 Å². The number of hydrogen-bond donors (Lipinski definition) is 1. The van der Waals surface area contributed by atoms with Gasteiger partial charge < -0.3 is 5.73 Å². The smallest absolute Gasteiger partial charge is 0.0319 e. The Labute approximate surface area is 99.5 Å². The van der Waals surface area contributed by atoms with Gasteiger partial charge in [-0.3, -0.25) is 4.90 Å². The van der Waals surface area contributed by atoms with Crippen molar-refractivity contribution in [2.75, 3.05) is 19.6 Å². The van der Waals surface area contributed by atoms with E-state index in [0.29, 0.717) is 6.04 Å². The predicted molar refractivity (Wildman–Crippen MR) is 70.4 cm³/mol. The standard InChI is InChI=1S/C14H24N2/c1-3-11-16(12-7-10-15)13(2)14-8-5-4-6-9-14/h4-6,8-9,13H,3,7,10-12,15H2,1-2H3. The van der Waals surface area contributed by atoms with Gasteiger partial charge in [0.2, 0.25) is 0 Å². The fourth-order valence-electron chi connectivity index (χ4n) is 2.02. The third kappa shape index (κ3) is 3.95. The molecule has 0 aliphatic rings. The average molecular weight is 220 g/mol. The van der Waals surface area contributed by atoms with Crippen LogP contribution in [0, 0.1) is 0 Å². The molecule has 2 nitrogen and oxygen atoms in total.